The van der Waals surface area contributed by atoms with Gasteiger partial charge >= 0.3 is 12.0 Å². The molecule has 11 heteroatoms. The van der Waals surface area contributed by atoms with Crippen molar-refractivity contribution in [2.45, 2.75) is 115 Å². The molecule has 0 atom stereocenters. The van der Waals surface area contributed by atoms with Crippen molar-refractivity contribution >= 4 is 5.95 Å². The van der Waals surface area contributed by atoms with Crippen molar-refractivity contribution in [1.82, 2.24) is 25.1 Å². The Morgan fingerprint density at radius 2 is 1.09 bits per heavy atom. The number of anilines is 1. The van der Waals surface area contributed by atoms with Crippen LogP contribution in [0, 0.1) is 0 Å². The van der Waals surface area contributed by atoms with Gasteiger partial charge in [-0.05, 0) is 55.4 Å². The summed E-state index contributed by atoms with van der Waals surface area (Å²) >= 11 is 0. The van der Waals surface area contributed by atoms with Crippen LogP contribution in [0.25, 0.3) is 0 Å². The third-order valence-corrected chi connectivity index (χ3v) is 6.74. The maximum atomic E-state index is 10.6. The molecule has 0 bridgehead atoms. The van der Waals surface area contributed by atoms with Crippen LogP contribution in [0.5, 0.6) is 12.0 Å². The van der Waals surface area contributed by atoms with E-state index in [1.165, 1.54) is 10.1 Å². The van der Waals surface area contributed by atoms with E-state index in [2.05, 4.69) is 20.3 Å². The molecule has 0 aromatic carbocycles. The summed E-state index contributed by atoms with van der Waals surface area (Å²) in [7, 11) is 0. The van der Waals surface area contributed by atoms with Gasteiger partial charge in [-0.2, -0.15) is 20.1 Å². The first-order chi connectivity index (χ1) is 15.6. The molecule has 2 saturated heterocycles. The van der Waals surface area contributed by atoms with Crippen LogP contribution in [-0.2, 0) is 0 Å². The van der Waals surface area contributed by atoms with E-state index in [1.807, 2.05) is 55.4 Å². The molecule has 0 unspecified atom stereocenters. The summed E-state index contributed by atoms with van der Waals surface area (Å²) in [5, 5.41) is 36.1. The average Bonchev–Trinajstić information content (AvgIpc) is 2.67. The number of hydroxylamine groups is 4. The number of ether oxygens (including phenoxy) is 2. The molecule has 1 aromatic rings. The van der Waals surface area contributed by atoms with Gasteiger partial charge in [0.05, 0.1) is 6.61 Å². The molecule has 4 N–H and O–H groups in total. The van der Waals surface area contributed by atoms with Gasteiger partial charge in [-0.3, -0.25) is 0 Å². The number of nitrogens with one attached hydrogen (secondary N) is 1. The van der Waals surface area contributed by atoms with Gasteiger partial charge in [0.1, 0.15) is 12.2 Å². The molecule has 0 amide bonds. The molecular formula is C23H42N6O5. The average molecular weight is 483 g/mol. The molecule has 2 aliphatic heterocycles. The van der Waals surface area contributed by atoms with Crippen LogP contribution in [0.2, 0.25) is 0 Å². The fourth-order valence-corrected chi connectivity index (χ4v) is 5.51. The van der Waals surface area contributed by atoms with Gasteiger partial charge in [0.2, 0.25) is 5.95 Å². The largest absolute Gasteiger partial charge is 0.460 e. The van der Waals surface area contributed by atoms with E-state index in [0.717, 1.165) is 0 Å². The predicted octanol–water partition coefficient (Wildman–Crippen LogP) is 2.85. The van der Waals surface area contributed by atoms with Crippen LogP contribution in [0.4, 0.5) is 5.95 Å². The maximum absolute atomic E-state index is 10.6. The van der Waals surface area contributed by atoms with E-state index in [9.17, 15) is 15.5 Å². The summed E-state index contributed by atoms with van der Waals surface area (Å²) in [4.78, 5) is 13.2. The minimum Gasteiger partial charge on any atom is -0.460 e. The molecule has 0 saturated carbocycles. The molecule has 1 aromatic heterocycles. The van der Waals surface area contributed by atoms with Crippen LogP contribution in [0.1, 0.15) is 81.1 Å². The Bertz CT molecular complexity index is 764. The highest BCUT2D eigenvalue weighted by Gasteiger charge is 2.47. The quantitative estimate of drug-likeness (QED) is 0.456. The number of nitrogens with zero attached hydrogens (tertiary/aromatic N) is 5. The van der Waals surface area contributed by atoms with Crippen molar-refractivity contribution in [3.63, 3.8) is 0 Å². The Hall–Kier alpha value is -1.79. The first kappa shape index (κ1) is 26.8. The Morgan fingerprint density at radius 3 is 1.41 bits per heavy atom. The molecule has 3 heterocycles. The van der Waals surface area contributed by atoms with E-state index in [4.69, 9.17) is 9.47 Å². The number of rotatable bonds is 7. The van der Waals surface area contributed by atoms with Crippen molar-refractivity contribution < 1.29 is 25.0 Å². The minimum absolute atomic E-state index is 0.0766. The number of aromatic nitrogens is 3. The van der Waals surface area contributed by atoms with E-state index >= 15 is 0 Å². The summed E-state index contributed by atoms with van der Waals surface area (Å²) in [5.74, 6) is 0.255. The second-order valence-corrected chi connectivity index (χ2v) is 12.0. The van der Waals surface area contributed by atoms with E-state index in [0.29, 0.717) is 25.7 Å². The SMILES string of the molecule is CC1(C)CC(Oc2nc(NCCO)nc(OC3CC(C)(C)N(O)C(C)(C)C3)n2)CC(C)(C)N1O. The normalized spacial score (nSPS) is 25.1. The van der Waals surface area contributed by atoms with Crippen molar-refractivity contribution in [2.75, 3.05) is 18.5 Å². The number of piperidine rings is 2. The molecule has 3 rings (SSSR count). The van der Waals surface area contributed by atoms with Gasteiger partial charge in [0.15, 0.2) is 0 Å². The van der Waals surface area contributed by atoms with Gasteiger partial charge in [-0.1, -0.05) is 0 Å². The third kappa shape index (κ3) is 5.88. The Morgan fingerprint density at radius 1 is 0.735 bits per heavy atom. The van der Waals surface area contributed by atoms with Crippen LogP contribution in [0.15, 0.2) is 0 Å². The zero-order chi connectivity index (χ0) is 25.5. The van der Waals surface area contributed by atoms with Crippen molar-refractivity contribution in [1.29, 1.82) is 0 Å². The van der Waals surface area contributed by atoms with Crippen molar-refractivity contribution in [3.8, 4) is 12.0 Å². The zero-order valence-electron chi connectivity index (χ0n) is 21.8. The molecule has 34 heavy (non-hydrogen) atoms. The predicted molar refractivity (Wildman–Crippen MR) is 126 cm³/mol. The molecule has 0 aliphatic carbocycles. The third-order valence-electron chi connectivity index (χ3n) is 6.74. The molecule has 0 spiro atoms. The monoisotopic (exact) mass is 482 g/mol. The van der Waals surface area contributed by atoms with Crippen LogP contribution < -0.4 is 14.8 Å². The highest BCUT2D eigenvalue weighted by molar-refractivity contribution is 5.27. The number of hydrogen-bond acceptors (Lipinski definition) is 11. The number of hydrogen-bond donors (Lipinski definition) is 4. The zero-order valence-corrected chi connectivity index (χ0v) is 21.8. The van der Waals surface area contributed by atoms with Gasteiger partial charge < -0.3 is 30.3 Å². The highest BCUT2D eigenvalue weighted by atomic mass is 16.5. The Labute approximate surface area is 202 Å². The lowest BCUT2D eigenvalue weighted by Gasteiger charge is -2.51. The molecule has 2 aliphatic rings. The van der Waals surface area contributed by atoms with Gasteiger partial charge in [-0.25, -0.2) is 0 Å². The fraction of sp³-hybridized carbons (Fsp3) is 0.870. The lowest BCUT2D eigenvalue weighted by atomic mass is 9.80. The van der Waals surface area contributed by atoms with Crippen LogP contribution in [0.3, 0.4) is 0 Å². The lowest BCUT2D eigenvalue weighted by molar-refractivity contribution is -0.255. The van der Waals surface area contributed by atoms with Crippen LogP contribution in [-0.4, -0.2) is 88.1 Å². The highest BCUT2D eigenvalue weighted by Crippen LogP contribution is 2.39. The number of aliphatic hydroxyl groups is 1. The molecule has 11 nitrogen and oxygen atoms in total. The van der Waals surface area contributed by atoms with E-state index in [-0.39, 0.29) is 43.3 Å². The first-order valence-corrected chi connectivity index (χ1v) is 12.0. The first-order valence-electron chi connectivity index (χ1n) is 12.0. The topological polar surface area (TPSA) is 136 Å². The second kappa shape index (κ2) is 9.34. The van der Waals surface area contributed by atoms with E-state index in [1.54, 1.807) is 0 Å². The Balaban J connectivity index is 1.83. The molecule has 0 radical (unpaired) electrons. The number of aliphatic hydroxyl groups excluding tert-OH is 1. The summed E-state index contributed by atoms with van der Waals surface area (Å²) in [6.07, 6.45) is 1.92. The summed E-state index contributed by atoms with van der Waals surface area (Å²) in [6, 6.07) is 0.262. The van der Waals surface area contributed by atoms with Crippen molar-refractivity contribution in [3.05, 3.63) is 0 Å². The maximum Gasteiger partial charge on any atom is 0.324 e. The van der Waals surface area contributed by atoms with Gasteiger partial charge in [0, 0.05) is 54.4 Å². The molecule has 2 fully saturated rings. The van der Waals surface area contributed by atoms with Gasteiger partial charge in [-0.15, -0.1) is 4.98 Å². The summed E-state index contributed by atoms with van der Waals surface area (Å²) in [5.41, 5.74) is -1.92. The van der Waals surface area contributed by atoms with Gasteiger partial charge in [0.25, 0.3) is 0 Å². The smallest absolute Gasteiger partial charge is 0.324 e. The summed E-state index contributed by atoms with van der Waals surface area (Å²) < 4.78 is 12.4. The lowest BCUT2D eigenvalue weighted by Crippen LogP contribution is -2.61. The molecular weight excluding hydrogens is 440 g/mol. The van der Waals surface area contributed by atoms with Crippen LogP contribution >= 0.6 is 0 Å². The fourth-order valence-electron chi connectivity index (χ4n) is 5.51. The summed E-state index contributed by atoms with van der Waals surface area (Å²) in [6.45, 7) is 16.0. The minimum atomic E-state index is -0.480. The molecule has 194 valence electrons. The van der Waals surface area contributed by atoms with Crippen molar-refractivity contribution in [2.24, 2.45) is 0 Å². The standard InChI is InChI=1S/C23H42N6O5/c1-20(2)11-15(12-21(3,4)28(20)31)33-18-25-17(24-9-10-30)26-19(27-18)34-16-13-22(5,6)29(32)23(7,8)14-16/h15-16,30-32H,9-14H2,1-8H3,(H,24,25,26,27). The second-order valence-electron chi connectivity index (χ2n) is 12.0. The Kier molecular flexibility index (Phi) is 7.37. The van der Waals surface area contributed by atoms with E-state index < -0.39 is 22.2 Å².